The fraction of sp³-hybridized carbons (Fsp3) is 0.571. The number of rotatable bonds is 5. The highest BCUT2D eigenvalue weighted by Crippen LogP contribution is 2.51. The van der Waals surface area contributed by atoms with Gasteiger partial charge in [0.05, 0.1) is 0 Å². The summed E-state index contributed by atoms with van der Waals surface area (Å²) in [5.41, 5.74) is 1.17. The van der Waals surface area contributed by atoms with E-state index in [2.05, 4.69) is 19.2 Å². The van der Waals surface area contributed by atoms with Crippen LogP contribution in [0, 0.1) is 11.2 Å². The van der Waals surface area contributed by atoms with Gasteiger partial charge < -0.3 is 5.32 Å². The van der Waals surface area contributed by atoms with Gasteiger partial charge in [-0.25, -0.2) is 4.39 Å². The van der Waals surface area contributed by atoms with E-state index in [1.807, 2.05) is 12.1 Å². The third-order valence-corrected chi connectivity index (χ3v) is 3.82. The van der Waals surface area contributed by atoms with Gasteiger partial charge in [-0.2, -0.15) is 0 Å². The zero-order valence-corrected chi connectivity index (χ0v) is 10.1. The van der Waals surface area contributed by atoms with Crippen LogP contribution in [0.15, 0.2) is 24.3 Å². The van der Waals surface area contributed by atoms with Crippen molar-refractivity contribution >= 4 is 0 Å². The van der Waals surface area contributed by atoms with Crippen LogP contribution in [0.5, 0.6) is 0 Å². The predicted octanol–water partition coefficient (Wildman–Crippen LogP) is 3.15. The molecule has 1 fully saturated rings. The number of hydrogen-bond donors (Lipinski definition) is 1. The third kappa shape index (κ3) is 2.27. The van der Waals surface area contributed by atoms with Crippen molar-refractivity contribution in [3.8, 4) is 0 Å². The molecule has 1 aromatic rings. The molecule has 1 N–H and O–H groups in total. The van der Waals surface area contributed by atoms with Gasteiger partial charge >= 0.3 is 0 Å². The smallest absolute Gasteiger partial charge is 0.126 e. The van der Waals surface area contributed by atoms with Crippen LogP contribution in [0.25, 0.3) is 0 Å². The van der Waals surface area contributed by atoms with Crippen LogP contribution in [-0.4, -0.2) is 12.6 Å². The second-order valence-corrected chi connectivity index (χ2v) is 4.91. The first-order valence-corrected chi connectivity index (χ1v) is 6.15. The van der Waals surface area contributed by atoms with E-state index in [0.29, 0.717) is 11.5 Å². The summed E-state index contributed by atoms with van der Waals surface area (Å²) in [6.45, 7) is 5.33. The van der Waals surface area contributed by atoms with E-state index in [9.17, 15) is 4.39 Å². The molecule has 2 heteroatoms. The van der Waals surface area contributed by atoms with E-state index in [0.717, 1.165) is 18.5 Å². The predicted molar refractivity (Wildman–Crippen MR) is 64.9 cm³/mol. The van der Waals surface area contributed by atoms with Crippen molar-refractivity contribution in [3.63, 3.8) is 0 Å². The second kappa shape index (κ2) is 4.54. The molecule has 1 atom stereocenters. The molecule has 1 aliphatic carbocycles. The monoisotopic (exact) mass is 221 g/mol. The molecular weight excluding hydrogens is 201 g/mol. The highest BCUT2D eigenvalue weighted by atomic mass is 19.1. The average molecular weight is 221 g/mol. The fourth-order valence-electron chi connectivity index (χ4n) is 2.47. The van der Waals surface area contributed by atoms with Crippen molar-refractivity contribution in [2.45, 2.75) is 39.2 Å². The Labute approximate surface area is 97.1 Å². The molecule has 1 saturated carbocycles. The lowest BCUT2D eigenvalue weighted by molar-refractivity contribution is 0.351. The molecule has 0 radical (unpaired) electrons. The summed E-state index contributed by atoms with van der Waals surface area (Å²) in [7, 11) is 0. The Morgan fingerprint density at radius 2 is 2.06 bits per heavy atom. The van der Waals surface area contributed by atoms with Crippen LogP contribution in [0.4, 0.5) is 4.39 Å². The molecule has 2 rings (SSSR count). The molecule has 0 aliphatic heterocycles. The Morgan fingerprint density at radius 3 is 2.62 bits per heavy atom. The minimum atomic E-state index is -0.0579. The molecule has 0 aromatic heterocycles. The largest absolute Gasteiger partial charge is 0.314 e. The molecule has 1 nitrogen and oxygen atoms in total. The Hall–Kier alpha value is -0.890. The van der Waals surface area contributed by atoms with E-state index in [-0.39, 0.29) is 5.82 Å². The molecule has 88 valence electrons. The highest BCUT2D eigenvalue weighted by Gasteiger charge is 2.47. The molecular formula is C14H20FN. The van der Waals surface area contributed by atoms with Crippen LogP contribution < -0.4 is 5.32 Å². The van der Waals surface area contributed by atoms with E-state index >= 15 is 0 Å². The zero-order valence-electron chi connectivity index (χ0n) is 10.1. The van der Waals surface area contributed by atoms with Crippen LogP contribution in [-0.2, 0) is 6.42 Å². The molecule has 1 aromatic carbocycles. The number of halogens is 1. The van der Waals surface area contributed by atoms with Crippen molar-refractivity contribution in [1.29, 1.82) is 0 Å². The van der Waals surface area contributed by atoms with E-state index in [1.54, 1.807) is 12.1 Å². The van der Waals surface area contributed by atoms with Gasteiger partial charge in [0.1, 0.15) is 5.82 Å². The quantitative estimate of drug-likeness (QED) is 0.805. The second-order valence-electron chi connectivity index (χ2n) is 4.91. The highest BCUT2D eigenvalue weighted by molar-refractivity contribution is 5.21. The molecule has 0 amide bonds. The number of nitrogens with one attached hydrogen (secondary N) is 1. The lowest BCUT2D eigenvalue weighted by atomic mass is 9.89. The topological polar surface area (TPSA) is 12.0 Å². The average Bonchev–Trinajstić information content (AvgIpc) is 3.03. The summed E-state index contributed by atoms with van der Waals surface area (Å²) < 4.78 is 13.6. The van der Waals surface area contributed by atoms with Crippen molar-refractivity contribution in [2.24, 2.45) is 5.41 Å². The lowest BCUT2D eigenvalue weighted by Crippen LogP contribution is -2.36. The van der Waals surface area contributed by atoms with Gasteiger partial charge in [0, 0.05) is 6.04 Å². The van der Waals surface area contributed by atoms with Crippen LogP contribution in [0.2, 0.25) is 0 Å². The number of benzene rings is 1. The van der Waals surface area contributed by atoms with E-state index in [1.165, 1.54) is 12.8 Å². The van der Waals surface area contributed by atoms with Crippen molar-refractivity contribution < 1.29 is 4.39 Å². The maximum Gasteiger partial charge on any atom is 0.126 e. The SMILES string of the molecule is CCNC(C)C1(Cc2ccccc2F)CC1. The Bertz CT molecular complexity index is 358. The molecule has 0 heterocycles. The van der Waals surface area contributed by atoms with Gasteiger partial charge in [-0.3, -0.25) is 0 Å². The van der Waals surface area contributed by atoms with Gasteiger partial charge in [0.15, 0.2) is 0 Å². The zero-order chi connectivity index (χ0) is 11.6. The normalized spacial score (nSPS) is 19.4. The van der Waals surface area contributed by atoms with Gasteiger partial charge in [-0.1, -0.05) is 25.1 Å². The Morgan fingerprint density at radius 1 is 1.38 bits per heavy atom. The van der Waals surface area contributed by atoms with Gasteiger partial charge in [-0.05, 0) is 49.8 Å². The Kier molecular flexibility index (Phi) is 3.29. The van der Waals surface area contributed by atoms with Gasteiger partial charge in [0.25, 0.3) is 0 Å². The maximum absolute atomic E-state index is 13.6. The van der Waals surface area contributed by atoms with Crippen LogP contribution >= 0.6 is 0 Å². The van der Waals surface area contributed by atoms with Crippen molar-refractivity contribution in [1.82, 2.24) is 5.32 Å². The standard InChI is InChI=1S/C14H20FN/c1-3-16-11(2)14(8-9-14)10-12-6-4-5-7-13(12)15/h4-7,11,16H,3,8-10H2,1-2H3. The lowest BCUT2D eigenvalue weighted by Gasteiger charge is -2.24. The first kappa shape index (κ1) is 11.6. The molecule has 1 aliphatic rings. The summed E-state index contributed by atoms with van der Waals surface area (Å²) >= 11 is 0. The third-order valence-electron chi connectivity index (χ3n) is 3.82. The summed E-state index contributed by atoms with van der Waals surface area (Å²) in [6, 6.07) is 7.63. The first-order valence-electron chi connectivity index (χ1n) is 6.15. The minimum absolute atomic E-state index is 0.0579. The summed E-state index contributed by atoms with van der Waals surface area (Å²) in [5, 5.41) is 3.47. The first-order chi connectivity index (χ1) is 7.68. The summed E-state index contributed by atoms with van der Waals surface area (Å²) in [5.74, 6) is -0.0579. The van der Waals surface area contributed by atoms with Crippen molar-refractivity contribution in [3.05, 3.63) is 35.6 Å². The van der Waals surface area contributed by atoms with Crippen molar-refractivity contribution in [2.75, 3.05) is 6.54 Å². The van der Waals surface area contributed by atoms with Gasteiger partial charge in [0.2, 0.25) is 0 Å². The molecule has 1 unspecified atom stereocenters. The Balaban J connectivity index is 2.07. The van der Waals surface area contributed by atoms with Crippen LogP contribution in [0.3, 0.4) is 0 Å². The fourth-order valence-corrected chi connectivity index (χ4v) is 2.47. The summed E-state index contributed by atoms with van der Waals surface area (Å²) in [6.07, 6.45) is 3.30. The van der Waals surface area contributed by atoms with E-state index < -0.39 is 0 Å². The molecule has 0 saturated heterocycles. The van der Waals surface area contributed by atoms with Crippen LogP contribution in [0.1, 0.15) is 32.3 Å². The van der Waals surface area contributed by atoms with E-state index in [4.69, 9.17) is 0 Å². The molecule has 16 heavy (non-hydrogen) atoms. The number of hydrogen-bond acceptors (Lipinski definition) is 1. The molecule has 0 spiro atoms. The minimum Gasteiger partial charge on any atom is -0.314 e. The van der Waals surface area contributed by atoms with Gasteiger partial charge in [-0.15, -0.1) is 0 Å². The molecule has 0 bridgehead atoms. The summed E-state index contributed by atoms with van der Waals surface area (Å²) in [4.78, 5) is 0. The maximum atomic E-state index is 13.6.